The fourth-order valence-electron chi connectivity index (χ4n) is 3.82. The van der Waals surface area contributed by atoms with Crippen molar-refractivity contribution in [2.75, 3.05) is 18.8 Å². The van der Waals surface area contributed by atoms with Gasteiger partial charge in [-0.1, -0.05) is 35.9 Å². The number of carboxylic acid groups (broad SMARTS) is 1. The lowest BCUT2D eigenvalue weighted by atomic mass is 10.1. The van der Waals surface area contributed by atoms with Crippen LogP contribution in [-0.4, -0.2) is 48.9 Å². The van der Waals surface area contributed by atoms with Gasteiger partial charge in [0.15, 0.2) is 0 Å². The number of benzene rings is 2. The van der Waals surface area contributed by atoms with Gasteiger partial charge in [0, 0.05) is 13.1 Å². The molecular formula is C23H29FN2O5S. The van der Waals surface area contributed by atoms with Gasteiger partial charge in [0.05, 0.1) is 24.5 Å². The molecule has 1 aliphatic rings. The number of nitrogens with one attached hydrogen (secondary N) is 1. The van der Waals surface area contributed by atoms with Gasteiger partial charge in [-0.25, -0.2) is 21.9 Å². The topological polar surface area (TPSA) is 95.9 Å². The van der Waals surface area contributed by atoms with Gasteiger partial charge in [-0.2, -0.15) is 0 Å². The van der Waals surface area contributed by atoms with Crippen molar-refractivity contribution in [3.05, 3.63) is 70.5 Å². The van der Waals surface area contributed by atoms with Crippen molar-refractivity contribution in [1.82, 2.24) is 9.62 Å². The normalized spacial score (nSPS) is 16.6. The molecule has 0 saturated carbocycles. The molecule has 1 heterocycles. The summed E-state index contributed by atoms with van der Waals surface area (Å²) in [5.74, 6) is -0.910. The average Bonchev–Trinajstić information content (AvgIpc) is 2.74. The minimum absolute atomic E-state index is 0.0357. The van der Waals surface area contributed by atoms with E-state index in [1.807, 2.05) is 13.8 Å². The zero-order chi connectivity index (χ0) is 23.3. The molecule has 9 heteroatoms. The van der Waals surface area contributed by atoms with Gasteiger partial charge in [0.25, 0.3) is 0 Å². The quantitative estimate of drug-likeness (QED) is 0.620. The first-order valence-electron chi connectivity index (χ1n) is 10.5. The first kappa shape index (κ1) is 24.2. The molecule has 0 radical (unpaired) electrons. The van der Waals surface area contributed by atoms with E-state index in [1.54, 1.807) is 0 Å². The predicted molar refractivity (Wildman–Crippen MR) is 119 cm³/mol. The maximum absolute atomic E-state index is 13.2. The third-order valence-corrected chi connectivity index (χ3v) is 7.63. The highest BCUT2D eigenvalue weighted by molar-refractivity contribution is 7.89. The Morgan fingerprint density at radius 3 is 2.47 bits per heavy atom. The summed E-state index contributed by atoms with van der Waals surface area (Å²) in [6.45, 7) is 5.17. The van der Waals surface area contributed by atoms with Gasteiger partial charge < -0.3 is 15.2 Å². The lowest BCUT2D eigenvalue weighted by molar-refractivity contribution is 0.00996. The van der Waals surface area contributed by atoms with Gasteiger partial charge in [-0.3, -0.25) is 0 Å². The number of carbonyl (C=O) groups is 1. The molecule has 7 nitrogen and oxygen atoms in total. The Hall–Kier alpha value is -2.49. The lowest BCUT2D eigenvalue weighted by Gasteiger charge is -2.32. The minimum atomic E-state index is -3.73. The van der Waals surface area contributed by atoms with Crippen LogP contribution in [0.25, 0.3) is 0 Å². The molecule has 2 N–H and O–H groups in total. The van der Waals surface area contributed by atoms with Crippen molar-refractivity contribution in [1.29, 1.82) is 0 Å². The monoisotopic (exact) mass is 464 g/mol. The molecule has 1 aliphatic heterocycles. The summed E-state index contributed by atoms with van der Waals surface area (Å²) >= 11 is 0. The summed E-state index contributed by atoms with van der Waals surface area (Å²) < 4.78 is 46.6. The third kappa shape index (κ3) is 6.51. The Morgan fingerprint density at radius 1 is 1.19 bits per heavy atom. The second-order valence-electron chi connectivity index (χ2n) is 8.17. The van der Waals surface area contributed by atoms with Gasteiger partial charge in [0.2, 0.25) is 10.0 Å². The van der Waals surface area contributed by atoms with E-state index in [4.69, 9.17) is 9.84 Å². The largest absolute Gasteiger partial charge is 0.465 e. The number of halogens is 1. The van der Waals surface area contributed by atoms with Crippen LogP contribution in [0.4, 0.5) is 9.18 Å². The summed E-state index contributed by atoms with van der Waals surface area (Å²) in [6.07, 6.45) is -0.241. The van der Waals surface area contributed by atoms with Crippen LogP contribution in [0.3, 0.4) is 0 Å². The molecule has 1 saturated heterocycles. The molecule has 3 rings (SSSR count). The van der Waals surface area contributed by atoms with Crippen molar-refractivity contribution in [3.8, 4) is 0 Å². The summed E-state index contributed by atoms with van der Waals surface area (Å²) in [5.41, 5.74) is 3.85. The van der Waals surface area contributed by atoms with E-state index in [1.165, 1.54) is 34.1 Å². The van der Waals surface area contributed by atoms with E-state index in [-0.39, 0.29) is 6.10 Å². The fraction of sp³-hybridized carbons (Fsp3) is 0.435. The molecule has 1 atom stereocenters. The molecule has 0 bridgehead atoms. The summed E-state index contributed by atoms with van der Waals surface area (Å²) in [5, 5.41) is 11.4. The summed E-state index contributed by atoms with van der Waals surface area (Å²) in [7, 11) is -3.73. The van der Waals surface area contributed by atoms with Crippen LogP contribution in [0, 0.1) is 19.7 Å². The van der Waals surface area contributed by atoms with E-state index in [0.717, 1.165) is 11.1 Å². The summed E-state index contributed by atoms with van der Waals surface area (Å²) in [4.78, 5) is 11.2. The van der Waals surface area contributed by atoms with Crippen molar-refractivity contribution < 1.29 is 27.4 Å². The number of hydrogen-bond acceptors (Lipinski definition) is 4. The van der Waals surface area contributed by atoms with Gasteiger partial charge >= 0.3 is 6.09 Å². The van der Waals surface area contributed by atoms with E-state index in [2.05, 4.69) is 23.5 Å². The maximum atomic E-state index is 13.2. The third-order valence-electron chi connectivity index (χ3n) is 5.72. The first-order valence-corrected chi connectivity index (χ1v) is 12.2. The number of hydrogen-bond donors (Lipinski definition) is 2. The fourth-order valence-corrected chi connectivity index (χ4v) is 5.50. The summed E-state index contributed by atoms with van der Waals surface area (Å²) in [6, 6.07) is 10.4. The number of sulfonamides is 1. The van der Waals surface area contributed by atoms with Crippen LogP contribution < -0.4 is 5.32 Å². The molecule has 174 valence electrons. The maximum Gasteiger partial charge on any atom is 0.405 e. The number of aryl methyl sites for hydroxylation is 2. The van der Waals surface area contributed by atoms with E-state index < -0.39 is 33.7 Å². The highest BCUT2D eigenvalue weighted by atomic mass is 32.2. The van der Waals surface area contributed by atoms with E-state index in [0.29, 0.717) is 38.1 Å². The Labute approximate surface area is 188 Å². The Balaban J connectivity index is 1.58. The Kier molecular flexibility index (Phi) is 7.86. The zero-order valence-corrected chi connectivity index (χ0v) is 19.1. The molecular weight excluding hydrogens is 435 g/mol. The van der Waals surface area contributed by atoms with Gasteiger partial charge in [-0.05, 0) is 55.5 Å². The molecule has 2 aromatic carbocycles. The van der Waals surface area contributed by atoms with Gasteiger partial charge in [0.1, 0.15) is 5.82 Å². The Morgan fingerprint density at radius 2 is 1.84 bits per heavy atom. The zero-order valence-electron chi connectivity index (χ0n) is 18.3. The van der Waals surface area contributed by atoms with Crippen LogP contribution in [0.5, 0.6) is 0 Å². The second-order valence-corrected chi connectivity index (χ2v) is 10.2. The van der Waals surface area contributed by atoms with Crippen LogP contribution in [-0.2, 0) is 21.4 Å². The van der Waals surface area contributed by atoms with Gasteiger partial charge in [-0.15, -0.1) is 0 Å². The predicted octanol–water partition coefficient (Wildman–Crippen LogP) is 3.76. The van der Waals surface area contributed by atoms with E-state index >= 15 is 0 Å². The van der Waals surface area contributed by atoms with Crippen molar-refractivity contribution in [2.24, 2.45) is 0 Å². The highest BCUT2D eigenvalue weighted by Gasteiger charge is 2.31. The molecule has 1 fully saturated rings. The van der Waals surface area contributed by atoms with E-state index in [9.17, 15) is 17.6 Å². The van der Waals surface area contributed by atoms with Crippen LogP contribution >= 0.6 is 0 Å². The van der Waals surface area contributed by atoms with Crippen LogP contribution in [0.15, 0.2) is 42.5 Å². The average molecular weight is 465 g/mol. The number of nitrogens with zero attached hydrogens (tertiary/aromatic N) is 1. The molecule has 0 spiro atoms. The number of piperidine rings is 1. The standard InChI is InChI=1S/C23H29FN2O5S/c1-16-3-4-17(2)19(13-16)14-31-21-9-11-26(12-10-21)32(29,30)15-22(25-23(27)28)18-5-7-20(24)8-6-18/h3-8,13,21-22,25H,9-12,14-15H2,1-2H3,(H,27,28). The van der Waals surface area contributed by atoms with Crippen LogP contribution in [0.2, 0.25) is 0 Å². The molecule has 1 unspecified atom stereocenters. The molecule has 1 amide bonds. The molecule has 0 aliphatic carbocycles. The van der Waals surface area contributed by atoms with Crippen LogP contribution in [0.1, 0.15) is 41.1 Å². The Bertz CT molecular complexity index is 1030. The number of rotatable bonds is 8. The van der Waals surface area contributed by atoms with Crippen molar-refractivity contribution in [2.45, 2.75) is 45.4 Å². The van der Waals surface area contributed by atoms with Crippen molar-refractivity contribution in [3.63, 3.8) is 0 Å². The molecule has 0 aromatic heterocycles. The second kappa shape index (κ2) is 10.4. The molecule has 32 heavy (non-hydrogen) atoms. The smallest absolute Gasteiger partial charge is 0.405 e. The first-order chi connectivity index (χ1) is 15.1. The lowest BCUT2D eigenvalue weighted by Crippen LogP contribution is -2.44. The highest BCUT2D eigenvalue weighted by Crippen LogP contribution is 2.23. The minimum Gasteiger partial charge on any atom is -0.465 e. The number of amides is 1. The number of ether oxygens (including phenoxy) is 1. The van der Waals surface area contributed by atoms with Crippen molar-refractivity contribution >= 4 is 16.1 Å². The SMILES string of the molecule is Cc1ccc(C)c(COC2CCN(S(=O)(=O)CC(NC(=O)O)c3ccc(F)cc3)CC2)c1. The molecule has 2 aromatic rings.